The number of hydrogen-bond acceptors (Lipinski definition) is 4. The van der Waals surface area contributed by atoms with E-state index in [0.717, 1.165) is 12.8 Å². The van der Waals surface area contributed by atoms with Gasteiger partial charge in [-0.15, -0.1) is 0 Å². The van der Waals surface area contributed by atoms with Gasteiger partial charge in [-0.3, -0.25) is 4.79 Å². The maximum atomic E-state index is 14.5. The fraction of sp³-hybridized carbons (Fsp3) is 0.417. The molecule has 1 aromatic rings. The van der Waals surface area contributed by atoms with E-state index in [9.17, 15) is 22.7 Å². The number of carbonyl (C=O) groups excluding carboxylic acids is 1. The van der Waals surface area contributed by atoms with Crippen LogP contribution in [0.1, 0.15) is 24.0 Å². The molecular formula is C12H13FN2O4S. The van der Waals surface area contributed by atoms with Gasteiger partial charge in [-0.25, -0.2) is 13.4 Å². The van der Waals surface area contributed by atoms with Gasteiger partial charge in [-0.05, 0) is 42.9 Å². The molecule has 0 spiro atoms. The number of anilines is 1. The van der Waals surface area contributed by atoms with Gasteiger partial charge < -0.3 is 5.11 Å². The summed E-state index contributed by atoms with van der Waals surface area (Å²) in [6.07, 6.45) is 2.89. The Bertz CT molecular complexity index is 702. The molecule has 1 aliphatic carbocycles. The van der Waals surface area contributed by atoms with E-state index in [0.29, 0.717) is 28.3 Å². The number of phenols is 1. The molecule has 1 aliphatic heterocycles. The first-order chi connectivity index (χ1) is 9.40. The van der Waals surface area contributed by atoms with Crippen molar-refractivity contribution in [1.82, 2.24) is 4.72 Å². The summed E-state index contributed by atoms with van der Waals surface area (Å²) >= 11 is 0. The third-order valence-electron chi connectivity index (χ3n) is 3.61. The average Bonchev–Trinajstić information content (AvgIpc) is 2.63. The summed E-state index contributed by atoms with van der Waals surface area (Å²) < 4.78 is 40.4. The molecule has 1 saturated heterocycles. The van der Waals surface area contributed by atoms with Crippen LogP contribution in [0, 0.1) is 5.82 Å². The lowest BCUT2D eigenvalue weighted by atomic mass is 9.90. The summed E-state index contributed by atoms with van der Waals surface area (Å²) in [5, 5.41) is 9.94. The first-order valence-electron chi connectivity index (χ1n) is 6.26. The minimum absolute atomic E-state index is 0.429. The topological polar surface area (TPSA) is 86.7 Å². The molecule has 0 atom stereocenters. The third-order valence-corrected chi connectivity index (χ3v) is 4.98. The van der Waals surface area contributed by atoms with Crippen molar-refractivity contribution in [3.63, 3.8) is 0 Å². The highest BCUT2D eigenvalue weighted by atomic mass is 32.2. The Hall–Kier alpha value is -1.83. The smallest absolute Gasteiger partial charge is 0.326 e. The molecular weight excluding hydrogens is 287 g/mol. The van der Waals surface area contributed by atoms with Crippen molar-refractivity contribution in [3.8, 4) is 5.75 Å². The Morgan fingerprint density at radius 3 is 2.65 bits per heavy atom. The molecule has 2 aliphatic rings. The van der Waals surface area contributed by atoms with Gasteiger partial charge in [0.2, 0.25) is 0 Å². The number of phenolic OH excluding ortho intramolecular Hbond substituents is 1. The molecule has 0 radical (unpaired) electrons. The summed E-state index contributed by atoms with van der Waals surface area (Å²) in [5.74, 6) is -1.95. The van der Waals surface area contributed by atoms with Crippen molar-refractivity contribution < 1.29 is 22.7 Å². The Morgan fingerprint density at radius 2 is 2.00 bits per heavy atom. The number of aromatic hydroxyl groups is 1. The van der Waals surface area contributed by atoms with Crippen molar-refractivity contribution in [3.05, 3.63) is 23.0 Å². The van der Waals surface area contributed by atoms with E-state index >= 15 is 0 Å². The van der Waals surface area contributed by atoms with Gasteiger partial charge in [0.25, 0.3) is 5.91 Å². The van der Waals surface area contributed by atoms with Gasteiger partial charge in [0.1, 0.15) is 18.0 Å². The second-order valence-corrected chi connectivity index (χ2v) is 6.54. The van der Waals surface area contributed by atoms with Crippen LogP contribution in [0.2, 0.25) is 0 Å². The van der Waals surface area contributed by atoms with Crippen molar-refractivity contribution in [2.24, 2.45) is 0 Å². The lowest BCUT2D eigenvalue weighted by Crippen LogP contribution is -2.30. The molecule has 0 bridgehead atoms. The van der Waals surface area contributed by atoms with E-state index < -0.39 is 39.9 Å². The summed E-state index contributed by atoms with van der Waals surface area (Å²) in [7, 11) is -4.13. The zero-order valence-electron chi connectivity index (χ0n) is 10.5. The Kier molecular flexibility index (Phi) is 2.86. The molecule has 8 heteroatoms. The van der Waals surface area contributed by atoms with Crippen LogP contribution in [0.25, 0.3) is 0 Å². The monoisotopic (exact) mass is 300 g/mol. The van der Waals surface area contributed by atoms with E-state index in [-0.39, 0.29) is 0 Å². The van der Waals surface area contributed by atoms with Gasteiger partial charge in [0.15, 0.2) is 5.82 Å². The second kappa shape index (κ2) is 4.34. The summed E-state index contributed by atoms with van der Waals surface area (Å²) in [4.78, 5) is 11.2. The van der Waals surface area contributed by atoms with Crippen LogP contribution in [0.5, 0.6) is 5.75 Å². The van der Waals surface area contributed by atoms with Crippen LogP contribution in [-0.4, -0.2) is 26.0 Å². The Morgan fingerprint density at radius 1 is 1.30 bits per heavy atom. The first kappa shape index (κ1) is 13.2. The summed E-state index contributed by atoms with van der Waals surface area (Å²) in [6.45, 7) is -0.522. The maximum absolute atomic E-state index is 14.5. The summed E-state index contributed by atoms with van der Waals surface area (Å²) in [6, 6.07) is 1.39. The van der Waals surface area contributed by atoms with Crippen LogP contribution < -0.4 is 9.03 Å². The van der Waals surface area contributed by atoms with Crippen LogP contribution >= 0.6 is 0 Å². The zero-order valence-corrected chi connectivity index (χ0v) is 11.3. The van der Waals surface area contributed by atoms with Gasteiger partial charge in [0.05, 0.1) is 0 Å². The molecule has 0 aromatic heterocycles. The summed E-state index contributed by atoms with van der Waals surface area (Å²) in [5.41, 5.74) is 0.688. The zero-order chi connectivity index (χ0) is 14.5. The SMILES string of the molecule is O=C1CN(c2c(O)cc3c(c2F)CCCC3)S(=O)(=O)N1. The normalized spacial score (nSPS) is 20.6. The second-order valence-electron chi connectivity index (χ2n) is 4.94. The molecule has 108 valence electrons. The van der Waals surface area contributed by atoms with Gasteiger partial charge >= 0.3 is 10.2 Å². The van der Waals surface area contributed by atoms with Crippen molar-refractivity contribution >= 4 is 21.8 Å². The standard InChI is InChI=1S/C12H13FN2O4S/c13-11-8-4-2-1-3-7(8)5-9(16)12(11)15-6-10(17)14-20(15,18)19/h5,16H,1-4,6H2,(H,14,17). The largest absolute Gasteiger partial charge is 0.506 e. The predicted molar refractivity (Wildman–Crippen MR) is 69.1 cm³/mol. The molecule has 3 rings (SSSR count). The Balaban J connectivity index is 2.17. The average molecular weight is 300 g/mol. The first-order valence-corrected chi connectivity index (χ1v) is 7.70. The lowest BCUT2D eigenvalue weighted by molar-refractivity contribution is -0.117. The third kappa shape index (κ3) is 1.91. The quantitative estimate of drug-likeness (QED) is 0.795. The minimum atomic E-state index is -4.13. The minimum Gasteiger partial charge on any atom is -0.506 e. The molecule has 20 heavy (non-hydrogen) atoms. The predicted octanol–water partition coefficient (Wildman–Crippen LogP) is 0.591. The number of benzene rings is 1. The number of hydrogen-bond donors (Lipinski definition) is 2. The van der Waals surface area contributed by atoms with Crippen molar-refractivity contribution in [2.45, 2.75) is 25.7 Å². The fourth-order valence-electron chi connectivity index (χ4n) is 2.71. The van der Waals surface area contributed by atoms with Gasteiger partial charge in [-0.1, -0.05) is 0 Å². The molecule has 1 aromatic carbocycles. The highest BCUT2D eigenvalue weighted by Crippen LogP contribution is 2.39. The number of nitrogens with one attached hydrogen (secondary N) is 1. The molecule has 0 saturated carbocycles. The van der Waals surface area contributed by atoms with E-state index in [4.69, 9.17) is 0 Å². The number of rotatable bonds is 1. The maximum Gasteiger partial charge on any atom is 0.326 e. The number of aryl methyl sites for hydroxylation is 1. The lowest BCUT2D eigenvalue weighted by Gasteiger charge is -2.23. The van der Waals surface area contributed by atoms with Crippen molar-refractivity contribution in [2.75, 3.05) is 10.8 Å². The number of fused-ring (bicyclic) bond motifs is 1. The highest BCUT2D eigenvalue weighted by Gasteiger charge is 2.38. The van der Waals surface area contributed by atoms with E-state index in [1.54, 1.807) is 4.72 Å². The number of nitrogens with zero attached hydrogens (tertiary/aromatic N) is 1. The molecule has 6 nitrogen and oxygen atoms in total. The van der Waals surface area contributed by atoms with Crippen LogP contribution in [0.3, 0.4) is 0 Å². The van der Waals surface area contributed by atoms with E-state index in [2.05, 4.69) is 0 Å². The molecule has 1 amide bonds. The van der Waals surface area contributed by atoms with E-state index in [1.165, 1.54) is 6.07 Å². The molecule has 2 N–H and O–H groups in total. The molecule has 1 heterocycles. The molecule has 0 unspecified atom stereocenters. The van der Waals surface area contributed by atoms with Gasteiger partial charge in [0, 0.05) is 0 Å². The van der Waals surface area contributed by atoms with Crippen LogP contribution in [0.4, 0.5) is 10.1 Å². The fourth-order valence-corrected chi connectivity index (χ4v) is 3.87. The molecule has 1 fully saturated rings. The van der Waals surface area contributed by atoms with E-state index in [1.807, 2.05) is 0 Å². The van der Waals surface area contributed by atoms with Crippen LogP contribution in [-0.2, 0) is 27.8 Å². The van der Waals surface area contributed by atoms with Gasteiger partial charge in [-0.2, -0.15) is 8.42 Å². The van der Waals surface area contributed by atoms with Crippen molar-refractivity contribution in [1.29, 1.82) is 0 Å². The number of carbonyl (C=O) groups is 1. The highest BCUT2D eigenvalue weighted by molar-refractivity contribution is 7.92. The number of amides is 1. The van der Waals surface area contributed by atoms with Crippen LogP contribution in [0.15, 0.2) is 6.07 Å². The number of halogens is 1. The Labute approximate surface area is 115 Å².